The smallest absolute Gasteiger partial charge is 0.332 e. The molecule has 0 aliphatic carbocycles. The number of rotatable bonds is 2. The fourth-order valence-corrected chi connectivity index (χ4v) is 2.21. The largest absolute Gasteiger partial charge is 0.450 e. The second-order valence-corrected chi connectivity index (χ2v) is 4.59. The molecule has 0 bridgehead atoms. The SMILES string of the molecule is CC[C@@]1(Cl)C(=O)O[C@]1(C)c1ccccc1. The van der Waals surface area contributed by atoms with Crippen molar-refractivity contribution >= 4 is 17.6 Å². The Kier molecular flexibility index (Phi) is 2.27. The number of carbonyl (C=O) groups excluding carboxylic acids is 1. The number of cyclic esters (lactones) is 1. The summed E-state index contributed by atoms with van der Waals surface area (Å²) in [4.78, 5) is 10.5. The van der Waals surface area contributed by atoms with Gasteiger partial charge < -0.3 is 4.74 Å². The molecule has 1 aromatic carbocycles. The van der Waals surface area contributed by atoms with Crippen LogP contribution in [0.3, 0.4) is 0 Å². The van der Waals surface area contributed by atoms with E-state index in [9.17, 15) is 4.79 Å². The molecule has 1 aliphatic rings. The molecule has 1 fully saturated rings. The number of hydrogen-bond donors (Lipinski definition) is 0. The van der Waals surface area contributed by atoms with E-state index in [0.717, 1.165) is 5.56 Å². The van der Waals surface area contributed by atoms with Crippen LogP contribution in [0.25, 0.3) is 0 Å². The van der Waals surface area contributed by atoms with Crippen LogP contribution in [-0.4, -0.2) is 10.8 Å². The molecule has 1 aromatic rings. The monoisotopic (exact) mass is 224 g/mol. The van der Waals surface area contributed by atoms with E-state index in [4.69, 9.17) is 16.3 Å². The fourth-order valence-electron chi connectivity index (χ4n) is 2.02. The zero-order valence-electron chi connectivity index (χ0n) is 8.79. The van der Waals surface area contributed by atoms with E-state index < -0.39 is 10.5 Å². The minimum atomic E-state index is -0.908. The Labute approximate surface area is 94.2 Å². The highest BCUT2D eigenvalue weighted by molar-refractivity contribution is 6.37. The molecular weight excluding hydrogens is 212 g/mol. The van der Waals surface area contributed by atoms with E-state index in [1.165, 1.54) is 0 Å². The molecule has 1 aliphatic heterocycles. The van der Waals surface area contributed by atoms with Gasteiger partial charge in [-0.3, -0.25) is 0 Å². The molecule has 0 radical (unpaired) electrons. The van der Waals surface area contributed by atoms with Gasteiger partial charge in [0.05, 0.1) is 0 Å². The molecule has 0 spiro atoms. The molecule has 0 amide bonds. The van der Waals surface area contributed by atoms with Crippen LogP contribution >= 0.6 is 11.6 Å². The first-order valence-electron chi connectivity index (χ1n) is 5.02. The lowest BCUT2D eigenvalue weighted by molar-refractivity contribution is -0.205. The third-order valence-corrected chi connectivity index (χ3v) is 3.97. The number of alkyl halides is 1. The van der Waals surface area contributed by atoms with Gasteiger partial charge in [-0.25, -0.2) is 4.79 Å². The van der Waals surface area contributed by atoms with Crippen molar-refractivity contribution in [2.45, 2.75) is 30.7 Å². The maximum Gasteiger partial charge on any atom is 0.332 e. The first-order valence-corrected chi connectivity index (χ1v) is 5.40. The maximum absolute atomic E-state index is 11.4. The van der Waals surface area contributed by atoms with Crippen molar-refractivity contribution in [3.05, 3.63) is 35.9 Å². The molecule has 1 heterocycles. The van der Waals surface area contributed by atoms with Gasteiger partial charge in [-0.1, -0.05) is 37.3 Å². The Morgan fingerprint density at radius 2 is 1.93 bits per heavy atom. The maximum atomic E-state index is 11.4. The van der Waals surface area contributed by atoms with E-state index in [2.05, 4.69) is 0 Å². The average Bonchev–Trinajstić information content (AvgIpc) is 2.29. The molecule has 3 heteroatoms. The highest BCUT2D eigenvalue weighted by Crippen LogP contribution is 2.52. The third kappa shape index (κ3) is 1.21. The molecule has 2 atom stereocenters. The van der Waals surface area contributed by atoms with Crippen molar-refractivity contribution in [3.8, 4) is 0 Å². The van der Waals surface area contributed by atoms with E-state index in [1.54, 1.807) is 0 Å². The summed E-state index contributed by atoms with van der Waals surface area (Å²) in [6.07, 6.45) is 0.568. The van der Waals surface area contributed by atoms with Crippen molar-refractivity contribution in [1.82, 2.24) is 0 Å². The first kappa shape index (κ1) is 10.5. The second kappa shape index (κ2) is 3.24. The van der Waals surface area contributed by atoms with E-state index in [0.29, 0.717) is 6.42 Å². The quantitative estimate of drug-likeness (QED) is 0.571. The number of hydrogen-bond acceptors (Lipinski definition) is 2. The zero-order chi connectivity index (χ0) is 11.1. The molecule has 2 nitrogen and oxygen atoms in total. The Balaban J connectivity index is 2.42. The van der Waals surface area contributed by atoms with Crippen molar-refractivity contribution in [1.29, 1.82) is 0 Å². The summed E-state index contributed by atoms with van der Waals surface area (Å²) in [7, 11) is 0. The van der Waals surface area contributed by atoms with E-state index >= 15 is 0 Å². The average molecular weight is 225 g/mol. The van der Waals surface area contributed by atoms with Crippen LogP contribution in [0.5, 0.6) is 0 Å². The van der Waals surface area contributed by atoms with Gasteiger partial charge in [0.15, 0.2) is 10.5 Å². The molecule has 15 heavy (non-hydrogen) atoms. The van der Waals surface area contributed by atoms with Gasteiger partial charge in [0, 0.05) is 0 Å². The van der Waals surface area contributed by atoms with Crippen molar-refractivity contribution < 1.29 is 9.53 Å². The van der Waals surface area contributed by atoms with Crippen molar-refractivity contribution in [3.63, 3.8) is 0 Å². The number of halogens is 1. The molecule has 0 N–H and O–H groups in total. The summed E-state index contributed by atoms with van der Waals surface area (Å²) in [6, 6.07) is 9.62. The van der Waals surface area contributed by atoms with Crippen LogP contribution in [0.4, 0.5) is 0 Å². The molecule has 2 rings (SSSR count). The predicted molar refractivity (Wildman–Crippen MR) is 58.8 cm³/mol. The van der Waals surface area contributed by atoms with Crippen LogP contribution in [0.15, 0.2) is 30.3 Å². The molecule has 1 saturated heterocycles. The van der Waals surface area contributed by atoms with Gasteiger partial charge in [-0.05, 0) is 18.9 Å². The first-order chi connectivity index (χ1) is 7.04. The van der Waals surface area contributed by atoms with Gasteiger partial charge in [0.25, 0.3) is 0 Å². The molecule has 80 valence electrons. The standard InChI is InChI=1S/C12H13ClO2/c1-3-12(13)10(14)15-11(12,2)9-7-5-4-6-8-9/h4-8H,3H2,1-2H3/t11-,12-/m1/s1. The Hall–Kier alpha value is -1.02. The van der Waals surface area contributed by atoms with Gasteiger partial charge in [-0.2, -0.15) is 0 Å². The number of benzene rings is 1. The third-order valence-electron chi connectivity index (χ3n) is 3.19. The Bertz CT molecular complexity index is 390. The number of carbonyl (C=O) groups is 1. The van der Waals surface area contributed by atoms with Gasteiger partial charge in [0.2, 0.25) is 0 Å². The Morgan fingerprint density at radius 3 is 2.40 bits per heavy atom. The summed E-state index contributed by atoms with van der Waals surface area (Å²) in [5, 5.41) is 0. The zero-order valence-corrected chi connectivity index (χ0v) is 9.54. The Morgan fingerprint density at radius 1 is 1.33 bits per heavy atom. The summed E-state index contributed by atoms with van der Waals surface area (Å²) in [5.41, 5.74) is 0.253. The summed E-state index contributed by atoms with van der Waals surface area (Å²) < 4.78 is 5.25. The second-order valence-electron chi connectivity index (χ2n) is 3.94. The van der Waals surface area contributed by atoms with Crippen LogP contribution in [0, 0.1) is 0 Å². The van der Waals surface area contributed by atoms with Crippen molar-refractivity contribution in [2.75, 3.05) is 0 Å². The normalized spacial score (nSPS) is 34.5. The van der Waals surface area contributed by atoms with Crippen molar-refractivity contribution in [2.24, 2.45) is 0 Å². The lowest BCUT2D eigenvalue weighted by Gasteiger charge is -2.51. The molecule has 0 unspecified atom stereocenters. The van der Waals surface area contributed by atoms with E-state index in [1.807, 2.05) is 44.2 Å². The van der Waals surface area contributed by atoms with Crippen LogP contribution < -0.4 is 0 Å². The number of esters is 1. The summed E-state index contributed by atoms with van der Waals surface area (Å²) in [6.45, 7) is 3.76. The van der Waals surface area contributed by atoms with Crippen LogP contribution in [-0.2, 0) is 15.1 Å². The summed E-state index contributed by atoms with van der Waals surface area (Å²) in [5.74, 6) is -0.321. The van der Waals surface area contributed by atoms with Gasteiger partial charge in [0.1, 0.15) is 0 Å². The topological polar surface area (TPSA) is 26.3 Å². The lowest BCUT2D eigenvalue weighted by Crippen LogP contribution is -2.64. The van der Waals surface area contributed by atoms with Crippen LogP contribution in [0.2, 0.25) is 0 Å². The minimum absolute atomic E-state index is 0.321. The highest BCUT2D eigenvalue weighted by atomic mass is 35.5. The number of ether oxygens (including phenoxy) is 1. The lowest BCUT2D eigenvalue weighted by atomic mass is 9.75. The molecule has 0 aromatic heterocycles. The van der Waals surface area contributed by atoms with Gasteiger partial charge >= 0.3 is 5.97 Å². The molecule has 0 saturated carbocycles. The summed E-state index contributed by atoms with van der Waals surface area (Å²) >= 11 is 6.31. The van der Waals surface area contributed by atoms with Crippen LogP contribution in [0.1, 0.15) is 25.8 Å². The van der Waals surface area contributed by atoms with Gasteiger partial charge in [-0.15, -0.1) is 11.6 Å². The predicted octanol–water partition coefficient (Wildman–Crippen LogP) is 2.85. The van der Waals surface area contributed by atoms with E-state index in [-0.39, 0.29) is 5.97 Å². The molecular formula is C12H13ClO2. The fraction of sp³-hybridized carbons (Fsp3) is 0.417. The minimum Gasteiger partial charge on any atom is -0.450 e. The highest BCUT2D eigenvalue weighted by Gasteiger charge is 2.65.